The third kappa shape index (κ3) is 3.75. The number of fused-ring (bicyclic) bond motifs is 2. The highest BCUT2D eigenvalue weighted by Gasteiger charge is 2.45. The van der Waals surface area contributed by atoms with E-state index in [9.17, 15) is 15.0 Å². The zero-order valence-electron chi connectivity index (χ0n) is 17.8. The fourth-order valence-electron chi connectivity index (χ4n) is 4.45. The number of Topliss-reactive ketones (excluding diaryl/α,β-unsaturated/α-hetero) is 1. The molecular formula is C24H24N4O3S. The average Bonchev–Trinajstić information content (AvgIpc) is 3.15. The maximum Gasteiger partial charge on any atom is 0.227 e. The fourth-order valence-corrected chi connectivity index (χ4v) is 5.23. The molecule has 0 unspecified atom stereocenters. The molecule has 164 valence electrons. The smallest absolute Gasteiger partial charge is 0.227 e. The number of allylic oxidation sites excluding steroid dienone is 2. The lowest BCUT2D eigenvalue weighted by Crippen LogP contribution is -2.42. The number of hydrogen-bond acceptors (Lipinski definition) is 7. The zero-order chi connectivity index (χ0) is 22.5. The van der Waals surface area contributed by atoms with Gasteiger partial charge in [0.2, 0.25) is 11.1 Å². The second-order valence-corrected chi connectivity index (χ2v) is 9.91. The van der Waals surface area contributed by atoms with Crippen molar-refractivity contribution in [2.24, 2.45) is 11.3 Å². The summed E-state index contributed by atoms with van der Waals surface area (Å²) in [5.41, 5.74) is 2.41. The second-order valence-electron chi connectivity index (χ2n) is 8.96. The Hall–Kier alpha value is -3.26. The lowest BCUT2D eigenvalue weighted by Gasteiger charge is -2.40. The van der Waals surface area contributed by atoms with Gasteiger partial charge in [-0.1, -0.05) is 68.1 Å². The van der Waals surface area contributed by atoms with E-state index in [1.165, 1.54) is 29.5 Å². The molecule has 1 aromatic heterocycles. The van der Waals surface area contributed by atoms with Crippen molar-refractivity contribution in [1.29, 1.82) is 0 Å². The van der Waals surface area contributed by atoms with Crippen LogP contribution in [0.25, 0.3) is 0 Å². The molecule has 2 aromatic carbocycles. The van der Waals surface area contributed by atoms with Gasteiger partial charge in [-0.2, -0.15) is 4.98 Å². The first-order valence-electron chi connectivity index (χ1n) is 10.5. The maximum absolute atomic E-state index is 13.2. The van der Waals surface area contributed by atoms with E-state index in [2.05, 4.69) is 28.5 Å². The summed E-state index contributed by atoms with van der Waals surface area (Å²) in [7, 11) is 0. The van der Waals surface area contributed by atoms with Crippen LogP contribution in [0.2, 0.25) is 0 Å². The minimum Gasteiger partial charge on any atom is -0.504 e. The highest BCUT2D eigenvalue weighted by Crippen LogP contribution is 2.46. The van der Waals surface area contributed by atoms with E-state index >= 15 is 0 Å². The summed E-state index contributed by atoms with van der Waals surface area (Å²) < 4.78 is 1.73. The van der Waals surface area contributed by atoms with E-state index < -0.39 is 12.0 Å². The standard InChI is InChI=1S/C24H24N4O3S/c1-24(2)11-16-20(19(31)12-24)21(15-8-9-17(29)18(30)10-15)28-22(25-16)26-23(27-28)32-13-14-6-4-3-5-7-14/h3-11,20-21,29-30H,12-13H2,1-2H3,(H,25,26,27)/t20-,21-/m0/s1. The molecule has 1 aliphatic heterocycles. The minimum absolute atomic E-state index is 0.109. The number of nitrogens with one attached hydrogen (secondary N) is 1. The van der Waals surface area contributed by atoms with Crippen LogP contribution in [-0.2, 0) is 10.5 Å². The number of phenols is 2. The van der Waals surface area contributed by atoms with Crippen LogP contribution in [0.15, 0.2) is 65.5 Å². The molecule has 0 fully saturated rings. The van der Waals surface area contributed by atoms with Crippen LogP contribution in [-0.4, -0.2) is 30.8 Å². The Kier molecular flexibility index (Phi) is 4.97. The van der Waals surface area contributed by atoms with Crippen molar-refractivity contribution in [2.75, 3.05) is 5.32 Å². The predicted octanol–water partition coefficient (Wildman–Crippen LogP) is 4.50. The number of phenolic OH excluding ortho intramolecular Hbond substituents is 2. The number of anilines is 1. The summed E-state index contributed by atoms with van der Waals surface area (Å²) in [6.07, 6.45) is 2.52. The Morgan fingerprint density at radius 2 is 1.94 bits per heavy atom. The van der Waals surface area contributed by atoms with Gasteiger partial charge in [0.25, 0.3) is 0 Å². The highest BCUT2D eigenvalue weighted by molar-refractivity contribution is 7.98. The summed E-state index contributed by atoms with van der Waals surface area (Å²) in [5.74, 6) is 0.506. The number of hydrogen-bond donors (Lipinski definition) is 3. The molecule has 2 heterocycles. The van der Waals surface area contributed by atoms with E-state index in [1.807, 2.05) is 32.0 Å². The molecule has 3 N–H and O–H groups in total. The molecule has 0 saturated heterocycles. The third-order valence-electron chi connectivity index (χ3n) is 5.86. The molecule has 2 aliphatic rings. The van der Waals surface area contributed by atoms with Crippen molar-refractivity contribution in [2.45, 2.75) is 37.2 Å². The summed E-state index contributed by atoms with van der Waals surface area (Å²) in [6, 6.07) is 14.3. The van der Waals surface area contributed by atoms with Gasteiger partial charge < -0.3 is 15.5 Å². The Morgan fingerprint density at radius 3 is 2.69 bits per heavy atom. The number of benzene rings is 2. The molecule has 0 bridgehead atoms. The van der Waals surface area contributed by atoms with Crippen molar-refractivity contribution in [1.82, 2.24) is 14.8 Å². The minimum atomic E-state index is -0.467. The highest BCUT2D eigenvalue weighted by atomic mass is 32.2. The number of ketones is 1. The van der Waals surface area contributed by atoms with Crippen LogP contribution in [0.3, 0.4) is 0 Å². The molecule has 7 nitrogen and oxygen atoms in total. The largest absolute Gasteiger partial charge is 0.504 e. The topological polar surface area (TPSA) is 100 Å². The van der Waals surface area contributed by atoms with E-state index in [4.69, 9.17) is 5.10 Å². The van der Waals surface area contributed by atoms with Crippen LogP contribution < -0.4 is 5.32 Å². The van der Waals surface area contributed by atoms with Gasteiger partial charge in [0.1, 0.15) is 5.78 Å². The number of thioether (sulfide) groups is 1. The number of nitrogens with zero attached hydrogens (tertiary/aromatic N) is 3. The van der Waals surface area contributed by atoms with Gasteiger partial charge in [-0.05, 0) is 28.7 Å². The maximum atomic E-state index is 13.2. The van der Waals surface area contributed by atoms with Gasteiger partial charge in [-0.15, -0.1) is 5.10 Å². The number of rotatable bonds is 4. The number of carbonyl (C=O) groups excluding carboxylic acids is 1. The van der Waals surface area contributed by atoms with Crippen LogP contribution in [0.4, 0.5) is 5.95 Å². The quantitative estimate of drug-likeness (QED) is 0.399. The molecule has 32 heavy (non-hydrogen) atoms. The number of carbonyl (C=O) groups is 1. The fraction of sp³-hybridized carbons (Fsp3) is 0.292. The molecule has 0 spiro atoms. The van der Waals surface area contributed by atoms with Crippen molar-refractivity contribution < 1.29 is 15.0 Å². The molecule has 0 amide bonds. The molecule has 2 atom stereocenters. The summed E-state index contributed by atoms with van der Waals surface area (Å²) in [5, 5.41) is 28.6. The summed E-state index contributed by atoms with van der Waals surface area (Å²) in [6.45, 7) is 4.08. The molecule has 0 radical (unpaired) electrons. The van der Waals surface area contributed by atoms with Crippen molar-refractivity contribution >= 4 is 23.5 Å². The summed E-state index contributed by atoms with van der Waals surface area (Å²) >= 11 is 1.53. The van der Waals surface area contributed by atoms with Gasteiger partial charge in [-0.25, -0.2) is 4.68 Å². The Morgan fingerprint density at radius 1 is 1.16 bits per heavy atom. The van der Waals surface area contributed by atoms with Crippen LogP contribution in [0.1, 0.15) is 37.4 Å². The summed E-state index contributed by atoms with van der Waals surface area (Å²) in [4.78, 5) is 17.9. The van der Waals surface area contributed by atoms with Gasteiger partial charge in [0.15, 0.2) is 11.5 Å². The molecule has 1 aliphatic carbocycles. The Labute approximate surface area is 190 Å². The van der Waals surface area contributed by atoms with Crippen LogP contribution in [0, 0.1) is 11.3 Å². The van der Waals surface area contributed by atoms with Crippen molar-refractivity contribution in [3.63, 3.8) is 0 Å². The van der Waals surface area contributed by atoms with E-state index in [0.29, 0.717) is 23.1 Å². The van der Waals surface area contributed by atoms with Crippen LogP contribution >= 0.6 is 11.8 Å². The lowest BCUT2D eigenvalue weighted by molar-refractivity contribution is -0.125. The van der Waals surface area contributed by atoms with E-state index in [0.717, 1.165) is 11.4 Å². The zero-order valence-corrected chi connectivity index (χ0v) is 18.6. The normalized spacial score (nSPS) is 21.3. The van der Waals surface area contributed by atoms with Crippen molar-refractivity contribution in [3.05, 3.63) is 71.4 Å². The first-order valence-corrected chi connectivity index (χ1v) is 11.5. The van der Waals surface area contributed by atoms with Crippen LogP contribution in [0.5, 0.6) is 11.5 Å². The van der Waals surface area contributed by atoms with Crippen molar-refractivity contribution in [3.8, 4) is 11.5 Å². The van der Waals surface area contributed by atoms with Gasteiger partial charge >= 0.3 is 0 Å². The average molecular weight is 449 g/mol. The van der Waals surface area contributed by atoms with Gasteiger partial charge in [-0.3, -0.25) is 4.79 Å². The lowest BCUT2D eigenvalue weighted by atomic mass is 9.72. The molecule has 0 saturated carbocycles. The predicted molar refractivity (Wildman–Crippen MR) is 123 cm³/mol. The second kappa shape index (κ2) is 7.70. The molecular weight excluding hydrogens is 424 g/mol. The number of aromatic nitrogens is 3. The molecule has 8 heteroatoms. The first-order chi connectivity index (χ1) is 15.3. The molecule has 5 rings (SSSR count). The molecule has 3 aromatic rings. The van der Waals surface area contributed by atoms with E-state index in [1.54, 1.807) is 10.7 Å². The van der Waals surface area contributed by atoms with E-state index in [-0.39, 0.29) is 22.7 Å². The SMILES string of the molecule is CC1(C)C=C2Nc3nc(SCc4ccccc4)nn3[C@@H](c3ccc(O)c(O)c3)[C@@H]2C(=O)C1. The Balaban J connectivity index is 1.57. The first kappa shape index (κ1) is 20.6. The monoisotopic (exact) mass is 448 g/mol. The van der Waals surface area contributed by atoms with Gasteiger partial charge in [0, 0.05) is 17.9 Å². The van der Waals surface area contributed by atoms with Gasteiger partial charge in [0.05, 0.1) is 12.0 Å². The number of aromatic hydroxyl groups is 2. The third-order valence-corrected chi connectivity index (χ3v) is 6.77. The Bertz CT molecular complexity index is 1220.